The molecule has 0 aliphatic rings. The number of aromatic nitrogens is 1. The number of alkyl carbamates (subject to hydrolysis) is 1. The number of benzene rings is 2. The smallest absolute Gasteiger partial charge is 0.407 e. The fourth-order valence-corrected chi connectivity index (χ4v) is 7.43. The summed E-state index contributed by atoms with van der Waals surface area (Å²) < 4.78 is 11.7. The van der Waals surface area contributed by atoms with E-state index in [4.69, 9.17) is 9.47 Å². The zero-order valence-electron chi connectivity index (χ0n) is 34.5. The maximum Gasteiger partial charge on any atom is 0.407 e. The first-order valence-corrected chi connectivity index (χ1v) is 20.1. The van der Waals surface area contributed by atoms with E-state index in [9.17, 15) is 24.3 Å². The summed E-state index contributed by atoms with van der Waals surface area (Å²) in [7, 11) is 2.65. The lowest BCUT2D eigenvalue weighted by molar-refractivity contribution is -0.131. The monoisotopic (exact) mass is 791 g/mol. The minimum Gasteiger partial charge on any atom is -0.465 e. The highest BCUT2D eigenvalue weighted by Gasteiger charge is 2.40. The number of methoxy groups -OCH3 is 1. The number of thioether (sulfide) groups is 1. The van der Waals surface area contributed by atoms with Crippen LogP contribution >= 0.6 is 11.8 Å². The maximum atomic E-state index is 14.3. The van der Waals surface area contributed by atoms with Gasteiger partial charge in [-0.25, -0.2) is 9.59 Å². The SMILES string of the molecule is CCSC(C)O[C@H](C[C@H](Cc1ccc(-c2ccccn2)cc1)NC(=O)[C@@H](NC(=O)OC)C(C)(C)C)[C@H](Cc1ccccc1)NC(=O)[C@@H](N(C)C(=O)O)C(C)(C)C. The van der Waals surface area contributed by atoms with Gasteiger partial charge in [0.1, 0.15) is 17.5 Å². The van der Waals surface area contributed by atoms with Crippen molar-refractivity contribution in [3.05, 3.63) is 90.1 Å². The standard InChI is InChI=1S/C43H61N5O7S/c1-11-56-28(2)55-35(34(26-29-17-13-12-14-18-29)46-39(50)37(43(6,7)8)48(9)41(52)53)27-32(45-38(49)36(42(3,4)5)47-40(51)54-10)25-30-20-22-31(23-21-30)33-19-15-16-24-44-33/h12-24,28,32,34-37H,11,25-27H2,1-10H3,(H,45,49)(H,46,50)(H,47,51)(H,52,53)/t28?,32-,34-,35+,36+,37+/m0/s1. The van der Waals surface area contributed by atoms with E-state index >= 15 is 0 Å². The molecule has 0 bridgehead atoms. The van der Waals surface area contributed by atoms with Gasteiger partial charge in [0.25, 0.3) is 0 Å². The molecule has 12 nitrogen and oxygen atoms in total. The van der Waals surface area contributed by atoms with Crippen LogP contribution in [0.5, 0.6) is 0 Å². The lowest BCUT2D eigenvalue weighted by Crippen LogP contribution is -2.59. The third kappa shape index (κ3) is 14.1. The number of nitrogens with zero attached hydrogens (tertiary/aromatic N) is 2. The summed E-state index contributed by atoms with van der Waals surface area (Å²) in [5.41, 5.74) is 1.99. The molecule has 0 radical (unpaired) electrons. The predicted molar refractivity (Wildman–Crippen MR) is 222 cm³/mol. The van der Waals surface area contributed by atoms with Crippen molar-refractivity contribution in [1.82, 2.24) is 25.8 Å². The van der Waals surface area contributed by atoms with Crippen molar-refractivity contribution in [2.75, 3.05) is 19.9 Å². The zero-order chi connectivity index (χ0) is 41.6. The van der Waals surface area contributed by atoms with Crippen molar-refractivity contribution in [2.24, 2.45) is 10.8 Å². The number of hydrogen-bond acceptors (Lipinski definition) is 8. The molecule has 0 saturated carbocycles. The lowest BCUT2D eigenvalue weighted by Gasteiger charge is -2.39. The minimum absolute atomic E-state index is 0.268. The van der Waals surface area contributed by atoms with Crippen LogP contribution in [0.15, 0.2) is 79.0 Å². The van der Waals surface area contributed by atoms with Gasteiger partial charge in [-0.2, -0.15) is 0 Å². The molecule has 0 saturated heterocycles. The fraction of sp³-hybridized carbons (Fsp3) is 0.512. The van der Waals surface area contributed by atoms with Gasteiger partial charge in [0.2, 0.25) is 11.8 Å². The largest absolute Gasteiger partial charge is 0.465 e. The van der Waals surface area contributed by atoms with E-state index in [2.05, 4.69) is 20.9 Å². The van der Waals surface area contributed by atoms with Gasteiger partial charge in [0.05, 0.1) is 24.9 Å². The molecule has 4 N–H and O–H groups in total. The Balaban J connectivity index is 2.13. The Bertz CT molecular complexity index is 1700. The molecule has 0 aliphatic carbocycles. The van der Waals surface area contributed by atoms with E-state index in [1.165, 1.54) is 14.2 Å². The number of pyridine rings is 1. The Morgan fingerprint density at radius 2 is 1.45 bits per heavy atom. The fourth-order valence-electron chi connectivity index (χ4n) is 6.74. The number of carbonyl (C=O) groups excluding carboxylic acids is 3. The van der Waals surface area contributed by atoms with Crippen LogP contribution in [0, 0.1) is 10.8 Å². The molecule has 0 fully saturated rings. The average Bonchev–Trinajstić information content (AvgIpc) is 3.13. The molecule has 1 aromatic heterocycles. The van der Waals surface area contributed by atoms with Crippen molar-refractivity contribution >= 4 is 35.8 Å². The summed E-state index contributed by atoms with van der Waals surface area (Å²) in [6, 6.07) is 20.3. The molecule has 1 heterocycles. The lowest BCUT2D eigenvalue weighted by atomic mass is 9.84. The van der Waals surface area contributed by atoms with Crippen molar-refractivity contribution in [2.45, 2.75) is 110 Å². The second-order valence-electron chi connectivity index (χ2n) is 16.2. The van der Waals surface area contributed by atoms with Crippen LogP contribution in [-0.2, 0) is 31.9 Å². The first-order chi connectivity index (χ1) is 26.3. The van der Waals surface area contributed by atoms with Gasteiger partial charge in [-0.15, -0.1) is 11.8 Å². The number of amides is 4. The van der Waals surface area contributed by atoms with E-state index < -0.39 is 65.1 Å². The van der Waals surface area contributed by atoms with Gasteiger partial charge >= 0.3 is 12.2 Å². The summed E-state index contributed by atoms with van der Waals surface area (Å²) in [5.74, 6) is -0.0605. The zero-order valence-corrected chi connectivity index (χ0v) is 35.3. The molecule has 3 rings (SSSR count). The van der Waals surface area contributed by atoms with Gasteiger partial charge < -0.3 is 30.5 Å². The highest BCUT2D eigenvalue weighted by atomic mass is 32.2. The Morgan fingerprint density at radius 3 is 1.98 bits per heavy atom. The summed E-state index contributed by atoms with van der Waals surface area (Å²) in [5, 5.41) is 19.1. The molecule has 2 aromatic carbocycles. The first kappa shape index (κ1) is 45.8. The topological polar surface area (TPSA) is 159 Å². The minimum atomic E-state index is -1.22. The molecule has 56 heavy (non-hydrogen) atoms. The average molecular weight is 792 g/mol. The maximum absolute atomic E-state index is 14.3. The summed E-state index contributed by atoms with van der Waals surface area (Å²) in [6.07, 6.45) is 0.201. The Morgan fingerprint density at radius 1 is 0.821 bits per heavy atom. The van der Waals surface area contributed by atoms with Crippen molar-refractivity contribution in [3.63, 3.8) is 0 Å². The van der Waals surface area contributed by atoms with Gasteiger partial charge in [-0.05, 0) is 66.0 Å². The number of ether oxygens (including phenoxy) is 2. The molecule has 4 amide bonds. The Labute approximate surface area is 336 Å². The number of carboxylic acid groups (broad SMARTS) is 1. The van der Waals surface area contributed by atoms with Gasteiger partial charge in [-0.1, -0.05) is 109 Å². The molecule has 1 unspecified atom stereocenters. The van der Waals surface area contributed by atoms with E-state index in [1.54, 1.807) is 18.0 Å². The van der Waals surface area contributed by atoms with E-state index in [0.29, 0.717) is 12.8 Å². The van der Waals surface area contributed by atoms with Gasteiger partial charge in [-0.3, -0.25) is 19.5 Å². The van der Waals surface area contributed by atoms with Crippen LogP contribution in [0.3, 0.4) is 0 Å². The molecule has 3 aromatic rings. The molecular formula is C43H61N5O7S. The van der Waals surface area contributed by atoms with Gasteiger partial charge in [0.15, 0.2) is 0 Å². The number of rotatable bonds is 18. The molecule has 306 valence electrons. The van der Waals surface area contributed by atoms with Crippen molar-refractivity contribution in [1.29, 1.82) is 0 Å². The normalized spacial score (nSPS) is 15.0. The summed E-state index contributed by atoms with van der Waals surface area (Å²) in [6.45, 7) is 15.1. The van der Waals surface area contributed by atoms with Crippen LogP contribution < -0.4 is 16.0 Å². The molecule has 0 aliphatic heterocycles. The Kier molecular flexibility index (Phi) is 17.2. The van der Waals surface area contributed by atoms with Crippen molar-refractivity contribution in [3.8, 4) is 11.3 Å². The number of carbonyl (C=O) groups is 4. The summed E-state index contributed by atoms with van der Waals surface area (Å²) >= 11 is 1.61. The van der Waals surface area contributed by atoms with Crippen molar-refractivity contribution < 1.29 is 33.8 Å². The van der Waals surface area contributed by atoms with E-state index in [-0.39, 0.29) is 11.9 Å². The second kappa shape index (κ2) is 21.1. The van der Waals surface area contributed by atoms with E-state index in [0.717, 1.165) is 33.0 Å². The van der Waals surface area contributed by atoms with Crippen LogP contribution in [0.1, 0.15) is 72.9 Å². The first-order valence-electron chi connectivity index (χ1n) is 19.1. The van der Waals surface area contributed by atoms with Gasteiger partial charge in [0, 0.05) is 24.8 Å². The number of nitrogens with one attached hydrogen (secondary N) is 3. The third-order valence-corrected chi connectivity index (χ3v) is 10.3. The molecule has 13 heteroatoms. The summed E-state index contributed by atoms with van der Waals surface area (Å²) in [4.78, 5) is 58.6. The van der Waals surface area contributed by atoms with Crippen LogP contribution in [0.4, 0.5) is 9.59 Å². The van der Waals surface area contributed by atoms with Crippen LogP contribution in [0.2, 0.25) is 0 Å². The number of likely N-dealkylation sites (N-methyl/N-ethyl adjacent to an activating group) is 1. The van der Waals surface area contributed by atoms with E-state index in [1.807, 2.05) is 128 Å². The third-order valence-electron chi connectivity index (χ3n) is 9.44. The molecule has 0 spiro atoms. The number of hydrogen-bond donors (Lipinski definition) is 4. The Hall–Kier alpha value is -4.62. The highest BCUT2D eigenvalue weighted by molar-refractivity contribution is 7.99. The molecule has 6 atom stereocenters. The predicted octanol–water partition coefficient (Wildman–Crippen LogP) is 7.17. The quantitative estimate of drug-likeness (QED) is 0.0980. The highest BCUT2D eigenvalue weighted by Crippen LogP contribution is 2.27. The van der Waals surface area contributed by atoms with Crippen LogP contribution in [-0.4, -0.2) is 94.6 Å². The van der Waals surface area contributed by atoms with Crippen LogP contribution in [0.25, 0.3) is 11.3 Å². The second-order valence-corrected chi connectivity index (χ2v) is 17.7. The molecular weight excluding hydrogens is 731 g/mol.